The first-order valence-electron chi connectivity index (χ1n) is 7.67. The van der Waals surface area contributed by atoms with Crippen molar-refractivity contribution >= 4 is 17.8 Å². The van der Waals surface area contributed by atoms with E-state index in [4.69, 9.17) is 9.57 Å². The minimum atomic E-state index is -0.248. The van der Waals surface area contributed by atoms with E-state index in [0.29, 0.717) is 5.75 Å². The van der Waals surface area contributed by atoms with Gasteiger partial charge in [-0.15, -0.1) is 0 Å². The van der Waals surface area contributed by atoms with Crippen molar-refractivity contribution in [3.63, 3.8) is 0 Å². The van der Waals surface area contributed by atoms with Crippen LogP contribution in [0.3, 0.4) is 0 Å². The number of aryl methyl sites for hydroxylation is 3. The predicted molar refractivity (Wildman–Crippen MR) is 95.8 cm³/mol. The van der Waals surface area contributed by atoms with Crippen LogP contribution in [-0.2, 0) is 9.63 Å². The summed E-state index contributed by atoms with van der Waals surface area (Å²) in [6.07, 6.45) is 1.52. The molecule has 2 rings (SSSR count). The zero-order valence-electron chi connectivity index (χ0n) is 14.4. The van der Waals surface area contributed by atoms with Crippen molar-refractivity contribution in [1.82, 2.24) is 0 Å². The van der Waals surface area contributed by atoms with E-state index in [1.807, 2.05) is 57.2 Å². The molecule has 5 nitrogen and oxygen atoms in total. The maximum atomic E-state index is 12.0. The molecule has 0 unspecified atom stereocenters. The second-order valence-electron chi connectivity index (χ2n) is 5.57. The van der Waals surface area contributed by atoms with Crippen LogP contribution in [0.4, 0.5) is 5.69 Å². The smallest absolute Gasteiger partial charge is 0.265 e. The van der Waals surface area contributed by atoms with Gasteiger partial charge in [0.1, 0.15) is 5.75 Å². The van der Waals surface area contributed by atoms with E-state index >= 15 is 0 Å². The summed E-state index contributed by atoms with van der Waals surface area (Å²) in [5, 5.41) is 6.69. The molecule has 1 N–H and O–H groups in total. The molecule has 0 fully saturated rings. The van der Waals surface area contributed by atoms with Gasteiger partial charge in [-0.25, -0.2) is 0 Å². The maximum absolute atomic E-state index is 12.0. The van der Waals surface area contributed by atoms with E-state index in [-0.39, 0.29) is 12.5 Å². The van der Waals surface area contributed by atoms with Gasteiger partial charge in [0.15, 0.2) is 6.61 Å². The van der Waals surface area contributed by atoms with Gasteiger partial charge in [0.25, 0.3) is 5.91 Å². The largest absolute Gasteiger partial charge is 0.496 e. The van der Waals surface area contributed by atoms with Crippen molar-refractivity contribution in [3.05, 3.63) is 58.7 Å². The Kier molecular flexibility index (Phi) is 5.95. The predicted octanol–water partition coefficient (Wildman–Crippen LogP) is 3.61. The highest BCUT2D eigenvalue weighted by Gasteiger charge is 2.08. The van der Waals surface area contributed by atoms with Crippen molar-refractivity contribution in [2.45, 2.75) is 20.8 Å². The minimum Gasteiger partial charge on any atom is -0.496 e. The topological polar surface area (TPSA) is 59.9 Å². The summed E-state index contributed by atoms with van der Waals surface area (Å²) in [4.78, 5) is 17.1. The molecule has 0 aliphatic heterocycles. The van der Waals surface area contributed by atoms with Crippen LogP contribution in [0.15, 0.2) is 41.6 Å². The first kappa shape index (κ1) is 17.5. The molecule has 0 bridgehead atoms. The maximum Gasteiger partial charge on any atom is 0.265 e. The number of methoxy groups -OCH3 is 1. The molecule has 0 saturated carbocycles. The molecule has 0 spiro atoms. The van der Waals surface area contributed by atoms with Gasteiger partial charge in [-0.2, -0.15) is 0 Å². The van der Waals surface area contributed by atoms with Crippen LogP contribution in [0.25, 0.3) is 0 Å². The summed E-state index contributed by atoms with van der Waals surface area (Å²) < 4.78 is 5.21. The van der Waals surface area contributed by atoms with E-state index < -0.39 is 0 Å². The lowest BCUT2D eigenvalue weighted by Gasteiger charge is -2.12. The van der Waals surface area contributed by atoms with Gasteiger partial charge in [-0.3, -0.25) is 4.79 Å². The molecule has 1 amide bonds. The van der Waals surface area contributed by atoms with Crippen molar-refractivity contribution in [2.24, 2.45) is 5.16 Å². The number of carbonyl (C=O) groups excluding carboxylic acids is 1. The number of amides is 1. The minimum absolute atomic E-state index is 0.154. The Bertz CT molecular complexity index is 731. The van der Waals surface area contributed by atoms with Gasteiger partial charge >= 0.3 is 0 Å². The van der Waals surface area contributed by atoms with Gasteiger partial charge in [-0.1, -0.05) is 35.0 Å². The highest BCUT2D eigenvalue weighted by atomic mass is 16.6. The van der Waals surface area contributed by atoms with E-state index in [9.17, 15) is 4.79 Å². The Labute approximate surface area is 142 Å². The molecule has 0 heterocycles. The molecule has 126 valence electrons. The highest BCUT2D eigenvalue weighted by Crippen LogP contribution is 2.21. The summed E-state index contributed by atoms with van der Waals surface area (Å²) in [6, 6.07) is 11.5. The molecule has 0 atom stereocenters. The molecular formula is C19H22N2O3. The third-order valence-electron chi connectivity index (χ3n) is 3.54. The first-order chi connectivity index (χ1) is 11.5. The third kappa shape index (κ3) is 4.59. The van der Waals surface area contributed by atoms with Crippen molar-refractivity contribution in [2.75, 3.05) is 19.0 Å². The number of hydrogen-bond donors (Lipinski definition) is 1. The molecule has 2 aromatic rings. The zero-order chi connectivity index (χ0) is 17.5. The average molecular weight is 326 g/mol. The summed E-state index contributed by atoms with van der Waals surface area (Å²) in [7, 11) is 1.59. The molecule has 0 saturated heterocycles. The van der Waals surface area contributed by atoms with Crippen LogP contribution in [0.1, 0.15) is 22.3 Å². The van der Waals surface area contributed by atoms with Crippen molar-refractivity contribution in [3.8, 4) is 5.75 Å². The number of para-hydroxylation sites is 1. The number of nitrogens with one attached hydrogen (secondary N) is 1. The SMILES string of the molecule is COc1ccccc1/C=N\OCC(=O)Nc1c(C)cc(C)cc1C. The molecule has 2 aromatic carbocycles. The number of hydrogen-bond acceptors (Lipinski definition) is 4. The van der Waals surface area contributed by atoms with Gasteiger partial charge in [0, 0.05) is 11.3 Å². The Morgan fingerprint density at radius 3 is 2.50 bits per heavy atom. The quantitative estimate of drug-likeness (QED) is 0.651. The lowest BCUT2D eigenvalue weighted by molar-refractivity contribution is -0.120. The Hall–Kier alpha value is -2.82. The number of benzene rings is 2. The molecule has 0 aliphatic rings. The normalized spacial score (nSPS) is 10.7. The number of anilines is 1. The Balaban J connectivity index is 1.91. The van der Waals surface area contributed by atoms with Gasteiger partial charge in [0.2, 0.25) is 0 Å². The van der Waals surface area contributed by atoms with Crippen LogP contribution in [0.5, 0.6) is 5.75 Å². The Morgan fingerprint density at radius 1 is 1.17 bits per heavy atom. The fraction of sp³-hybridized carbons (Fsp3) is 0.263. The number of ether oxygens (including phenoxy) is 1. The van der Waals surface area contributed by atoms with E-state index in [1.165, 1.54) is 11.8 Å². The number of carbonyl (C=O) groups is 1. The van der Waals surface area contributed by atoms with Crippen molar-refractivity contribution < 1.29 is 14.4 Å². The first-order valence-corrected chi connectivity index (χ1v) is 7.67. The van der Waals surface area contributed by atoms with E-state index in [1.54, 1.807) is 7.11 Å². The molecule has 0 aliphatic carbocycles. The van der Waals surface area contributed by atoms with Crippen LogP contribution < -0.4 is 10.1 Å². The lowest BCUT2D eigenvalue weighted by Crippen LogP contribution is -2.18. The second kappa shape index (κ2) is 8.15. The standard InChI is InChI=1S/C19H22N2O3/c1-13-9-14(2)19(15(3)10-13)21-18(22)12-24-20-11-16-7-5-6-8-17(16)23-4/h5-11H,12H2,1-4H3,(H,21,22)/b20-11-. The summed E-state index contributed by atoms with van der Waals surface area (Å²) in [6.45, 7) is 5.81. The monoisotopic (exact) mass is 326 g/mol. The number of rotatable bonds is 6. The van der Waals surface area contributed by atoms with Gasteiger partial charge < -0.3 is 14.9 Å². The molecule has 0 aromatic heterocycles. The van der Waals surface area contributed by atoms with Crippen LogP contribution in [0, 0.1) is 20.8 Å². The van der Waals surface area contributed by atoms with Crippen molar-refractivity contribution in [1.29, 1.82) is 0 Å². The zero-order valence-corrected chi connectivity index (χ0v) is 14.4. The van der Waals surface area contributed by atoms with Crippen LogP contribution in [-0.4, -0.2) is 25.8 Å². The molecule has 5 heteroatoms. The highest BCUT2D eigenvalue weighted by molar-refractivity contribution is 5.93. The number of oxime groups is 1. The van der Waals surface area contributed by atoms with E-state index in [0.717, 1.165) is 22.4 Å². The average Bonchev–Trinajstić information content (AvgIpc) is 2.55. The summed E-state index contributed by atoms with van der Waals surface area (Å²) >= 11 is 0. The fourth-order valence-electron chi connectivity index (χ4n) is 2.52. The Morgan fingerprint density at radius 2 is 1.83 bits per heavy atom. The second-order valence-corrected chi connectivity index (χ2v) is 5.57. The van der Waals surface area contributed by atoms with Gasteiger partial charge in [0.05, 0.1) is 13.3 Å². The fourth-order valence-corrected chi connectivity index (χ4v) is 2.52. The van der Waals surface area contributed by atoms with Crippen LogP contribution >= 0.6 is 0 Å². The molecular weight excluding hydrogens is 304 g/mol. The third-order valence-corrected chi connectivity index (χ3v) is 3.54. The van der Waals surface area contributed by atoms with Gasteiger partial charge in [-0.05, 0) is 44.0 Å². The summed E-state index contributed by atoms with van der Waals surface area (Å²) in [5.41, 5.74) is 4.82. The number of nitrogens with zero attached hydrogens (tertiary/aromatic N) is 1. The molecule has 0 radical (unpaired) electrons. The lowest BCUT2D eigenvalue weighted by atomic mass is 10.1. The van der Waals surface area contributed by atoms with Crippen LogP contribution in [0.2, 0.25) is 0 Å². The molecule has 24 heavy (non-hydrogen) atoms. The summed E-state index contributed by atoms with van der Waals surface area (Å²) in [5.74, 6) is 0.447. The van der Waals surface area contributed by atoms with E-state index in [2.05, 4.69) is 10.5 Å².